The van der Waals surface area contributed by atoms with E-state index in [0.29, 0.717) is 13.1 Å². The van der Waals surface area contributed by atoms with E-state index < -0.39 is 0 Å². The van der Waals surface area contributed by atoms with Crippen molar-refractivity contribution in [3.63, 3.8) is 0 Å². The van der Waals surface area contributed by atoms with Crippen LogP contribution in [0.1, 0.15) is 44.0 Å². The van der Waals surface area contributed by atoms with Gasteiger partial charge in [-0.3, -0.25) is 4.68 Å². The smallest absolute Gasteiger partial charge is 0.194 e. The number of hydrogen-bond donors (Lipinski definition) is 1. The van der Waals surface area contributed by atoms with Gasteiger partial charge in [0.25, 0.3) is 0 Å². The van der Waals surface area contributed by atoms with Gasteiger partial charge in [0.2, 0.25) is 0 Å². The molecule has 1 aromatic heterocycles. The number of para-hydroxylation sites is 1. The summed E-state index contributed by atoms with van der Waals surface area (Å²) in [6, 6.07) is 5.99. The largest absolute Gasteiger partial charge is 0.493 e. The molecule has 2 aromatic rings. The fourth-order valence-electron chi connectivity index (χ4n) is 3.53. The molecular weight excluding hydrogens is 495 g/mol. The molecule has 166 valence electrons. The van der Waals surface area contributed by atoms with Crippen molar-refractivity contribution in [3.8, 4) is 11.5 Å². The maximum atomic E-state index is 6.33. The summed E-state index contributed by atoms with van der Waals surface area (Å²) in [7, 11) is 5.57. The van der Waals surface area contributed by atoms with Crippen molar-refractivity contribution in [2.24, 2.45) is 12.0 Å². The third kappa shape index (κ3) is 6.23. The van der Waals surface area contributed by atoms with E-state index in [2.05, 4.69) is 28.4 Å². The number of guanidine groups is 1. The molecule has 9 heteroatoms. The van der Waals surface area contributed by atoms with E-state index in [9.17, 15) is 0 Å². The second-order valence-electron chi connectivity index (χ2n) is 7.30. The van der Waals surface area contributed by atoms with Crippen LogP contribution < -0.4 is 14.8 Å². The fraction of sp³-hybridized carbons (Fsp3) is 0.571. The normalized spacial score (nSPS) is 14.3. The average molecular weight is 528 g/mol. The topological polar surface area (TPSA) is 76.8 Å². The molecule has 0 amide bonds. The zero-order valence-electron chi connectivity index (χ0n) is 18.3. The molecule has 1 aliphatic rings. The van der Waals surface area contributed by atoms with Gasteiger partial charge in [0.05, 0.1) is 26.3 Å². The lowest BCUT2D eigenvalue weighted by Gasteiger charge is -2.22. The maximum Gasteiger partial charge on any atom is 0.194 e. The first-order valence-corrected chi connectivity index (χ1v) is 10.3. The quantitative estimate of drug-likeness (QED) is 0.322. The lowest BCUT2D eigenvalue weighted by Crippen LogP contribution is -2.39. The number of benzene rings is 1. The number of methoxy groups -OCH3 is 1. The molecule has 0 spiro atoms. The first kappa shape index (κ1) is 24.2. The number of halogens is 1. The Morgan fingerprint density at radius 2 is 2.10 bits per heavy atom. The zero-order valence-corrected chi connectivity index (χ0v) is 20.6. The summed E-state index contributed by atoms with van der Waals surface area (Å²) in [4.78, 5) is 11.2. The van der Waals surface area contributed by atoms with Gasteiger partial charge in [-0.15, -0.1) is 24.0 Å². The summed E-state index contributed by atoms with van der Waals surface area (Å²) in [5.41, 5.74) is 1.03. The lowest BCUT2D eigenvalue weighted by atomic mass is 10.1. The first-order chi connectivity index (χ1) is 14.1. The third-order valence-electron chi connectivity index (χ3n) is 5.15. The van der Waals surface area contributed by atoms with Crippen LogP contribution in [0.15, 0.2) is 29.5 Å². The van der Waals surface area contributed by atoms with Crippen LogP contribution in [0.25, 0.3) is 0 Å². The van der Waals surface area contributed by atoms with Gasteiger partial charge in [-0.1, -0.05) is 12.1 Å². The Hall–Kier alpha value is -2.04. The molecule has 1 N–H and O–H groups in total. The molecule has 1 aliphatic carbocycles. The van der Waals surface area contributed by atoms with E-state index in [1.54, 1.807) is 18.1 Å². The highest BCUT2D eigenvalue weighted by molar-refractivity contribution is 14.0. The van der Waals surface area contributed by atoms with Crippen LogP contribution in [0.2, 0.25) is 0 Å². The highest BCUT2D eigenvalue weighted by Crippen LogP contribution is 2.35. The molecule has 1 saturated carbocycles. The Bertz CT molecular complexity index is 820. The Labute approximate surface area is 196 Å². The summed E-state index contributed by atoms with van der Waals surface area (Å²) in [6.07, 6.45) is 6.49. The molecule has 1 aromatic carbocycles. The molecule has 8 nitrogen and oxygen atoms in total. The minimum atomic E-state index is 0. The van der Waals surface area contributed by atoms with E-state index in [4.69, 9.17) is 14.5 Å². The van der Waals surface area contributed by atoms with E-state index >= 15 is 0 Å². The van der Waals surface area contributed by atoms with E-state index in [-0.39, 0.29) is 30.1 Å². The van der Waals surface area contributed by atoms with Gasteiger partial charge >= 0.3 is 0 Å². The van der Waals surface area contributed by atoms with Gasteiger partial charge in [-0.25, -0.2) is 9.98 Å². The van der Waals surface area contributed by atoms with Crippen LogP contribution in [0, 0.1) is 0 Å². The molecule has 30 heavy (non-hydrogen) atoms. The van der Waals surface area contributed by atoms with Crippen LogP contribution in [-0.2, 0) is 20.1 Å². The minimum absolute atomic E-state index is 0. The van der Waals surface area contributed by atoms with Crippen LogP contribution >= 0.6 is 24.0 Å². The van der Waals surface area contributed by atoms with Crippen molar-refractivity contribution in [2.75, 3.05) is 20.7 Å². The highest BCUT2D eigenvalue weighted by Gasteiger charge is 2.20. The number of hydrogen-bond acceptors (Lipinski definition) is 5. The Kier molecular flexibility index (Phi) is 9.67. The number of nitrogens with one attached hydrogen (secondary N) is 1. The van der Waals surface area contributed by atoms with Crippen molar-refractivity contribution in [1.82, 2.24) is 25.0 Å². The van der Waals surface area contributed by atoms with Crippen LogP contribution in [0.3, 0.4) is 0 Å². The molecule has 1 fully saturated rings. The molecule has 0 radical (unpaired) electrons. The summed E-state index contributed by atoms with van der Waals surface area (Å²) >= 11 is 0. The molecule has 0 aliphatic heterocycles. The first-order valence-electron chi connectivity index (χ1n) is 10.3. The summed E-state index contributed by atoms with van der Waals surface area (Å²) in [6.45, 7) is 3.97. The average Bonchev–Trinajstić information content (AvgIpc) is 3.38. The summed E-state index contributed by atoms with van der Waals surface area (Å²) in [5.74, 6) is 3.27. The Balaban J connectivity index is 0.00000320. The predicted molar refractivity (Wildman–Crippen MR) is 129 cm³/mol. The molecular formula is C21H33IN6O2. The van der Waals surface area contributed by atoms with Crippen LogP contribution in [-0.4, -0.2) is 52.4 Å². The van der Waals surface area contributed by atoms with Crippen molar-refractivity contribution < 1.29 is 9.47 Å². The summed E-state index contributed by atoms with van der Waals surface area (Å²) in [5, 5.41) is 7.49. The minimum Gasteiger partial charge on any atom is -0.493 e. The van der Waals surface area contributed by atoms with Gasteiger partial charge in [-0.2, -0.15) is 5.10 Å². The molecule has 3 rings (SSSR count). The second-order valence-corrected chi connectivity index (χ2v) is 7.30. The van der Waals surface area contributed by atoms with Crippen molar-refractivity contribution >= 4 is 29.9 Å². The Morgan fingerprint density at radius 3 is 2.73 bits per heavy atom. The monoisotopic (exact) mass is 528 g/mol. The SMILES string of the molecule is CCNC(=NCc1cccc(OC)c1OC1CCCC1)N(C)Cc1ncnn1C.I. The van der Waals surface area contributed by atoms with E-state index in [1.165, 1.54) is 12.8 Å². The molecule has 0 atom stereocenters. The van der Waals surface area contributed by atoms with Gasteiger partial charge in [0.15, 0.2) is 17.5 Å². The molecule has 0 unspecified atom stereocenters. The molecule has 1 heterocycles. The number of nitrogens with zero attached hydrogens (tertiary/aromatic N) is 5. The van der Waals surface area contributed by atoms with Gasteiger partial charge in [0.1, 0.15) is 12.2 Å². The third-order valence-corrected chi connectivity index (χ3v) is 5.15. The standard InChI is InChI=1S/C21H32N6O2.HI/c1-5-22-21(26(2)14-19-24-15-25-27(19)3)23-13-16-9-8-12-18(28-4)20(16)29-17-10-6-7-11-17;/h8-9,12,15,17H,5-7,10-11,13-14H2,1-4H3,(H,22,23);1H. The van der Waals surface area contributed by atoms with Crippen LogP contribution in [0.4, 0.5) is 0 Å². The number of ether oxygens (including phenoxy) is 2. The van der Waals surface area contributed by atoms with Gasteiger partial charge in [0, 0.05) is 26.2 Å². The number of rotatable bonds is 8. The van der Waals surface area contributed by atoms with Gasteiger partial charge < -0.3 is 19.7 Å². The fourth-order valence-corrected chi connectivity index (χ4v) is 3.53. The van der Waals surface area contributed by atoms with Crippen molar-refractivity contribution in [1.29, 1.82) is 0 Å². The molecule has 0 saturated heterocycles. The van der Waals surface area contributed by atoms with E-state index in [1.807, 2.05) is 31.1 Å². The highest BCUT2D eigenvalue weighted by atomic mass is 127. The predicted octanol–water partition coefficient (Wildman–Crippen LogP) is 3.36. The van der Waals surface area contributed by atoms with Gasteiger partial charge in [-0.05, 0) is 38.7 Å². The van der Waals surface area contributed by atoms with Crippen molar-refractivity contribution in [2.45, 2.75) is 51.8 Å². The van der Waals surface area contributed by atoms with Crippen LogP contribution in [0.5, 0.6) is 11.5 Å². The zero-order chi connectivity index (χ0) is 20.6. The number of aromatic nitrogens is 3. The lowest BCUT2D eigenvalue weighted by molar-refractivity contribution is 0.198. The van der Waals surface area contributed by atoms with Crippen molar-refractivity contribution in [3.05, 3.63) is 35.9 Å². The summed E-state index contributed by atoms with van der Waals surface area (Å²) < 4.78 is 13.7. The maximum absolute atomic E-state index is 6.33. The van der Waals surface area contributed by atoms with E-state index in [0.717, 1.165) is 48.2 Å². The molecule has 0 bridgehead atoms. The number of aliphatic imine (C=N–C) groups is 1. The second kappa shape index (κ2) is 12.0. The Morgan fingerprint density at radius 1 is 1.33 bits per heavy atom. The number of aryl methyl sites for hydroxylation is 1.